The molecule has 120 valence electrons. The van der Waals surface area contributed by atoms with Gasteiger partial charge in [-0.25, -0.2) is 4.39 Å². The second-order valence-electron chi connectivity index (χ2n) is 4.89. The van der Waals surface area contributed by atoms with Crippen LogP contribution in [-0.4, -0.2) is 41.2 Å². The summed E-state index contributed by atoms with van der Waals surface area (Å²) in [6.45, 7) is 0.435. The van der Waals surface area contributed by atoms with Gasteiger partial charge in [0.25, 0.3) is 0 Å². The lowest BCUT2D eigenvalue weighted by Crippen LogP contribution is -2.40. The Morgan fingerprint density at radius 1 is 1.59 bits per heavy atom. The molecule has 0 bridgehead atoms. The van der Waals surface area contributed by atoms with Crippen LogP contribution in [0, 0.1) is 5.82 Å². The standard InChI is InChI=1S/C14H18FN3O3S/c1-21-5-4-13-14(16)18-12(7-22(13)20)10-6-9(17-8-19)2-3-11(10)15/h2-3,6,8,12-13H,4-5,7H2,1H3,(H2,16,18)(H,17,19). The van der Waals surface area contributed by atoms with Crippen LogP contribution in [-0.2, 0) is 20.3 Å². The zero-order valence-electron chi connectivity index (χ0n) is 12.1. The number of aliphatic imine (C=N–C) groups is 1. The Balaban J connectivity index is 2.27. The van der Waals surface area contributed by atoms with Crippen LogP contribution in [0.2, 0.25) is 0 Å². The van der Waals surface area contributed by atoms with E-state index in [2.05, 4.69) is 10.3 Å². The number of nitrogens with zero attached hydrogens (tertiary/aromatic N) is 1. The summed E-state index contributed by atoms with van der Waals surface area (Å²) in [4.78, 5) is 14.8. The van der Waals surface area contributed by atoms with E-state index in [4.69, 9.17) is 10.5 Å². The minimum Gasteiger partial charge on any atom is -0.386 e. The van der Waals surface area contributed by atoms with E-state index in [0.29, 0.717) is 25.1 Å². The van der Waals surface area contributed by atoms with Crippen molar-refractivity contribution in [1.29, 1.82) is 0 Å². The van der Waals surface area contributed by atoms with Crippen molar-refractivity contribution in [3.63, 3.8) is 0 Å². The van der Waals surface area contributed by atoms with Crippen LogP contribution in [0.5, 0.6) is 0 Å². The molecule has 3 unspecified atom stereocenters. The molecule has 6 nitrogen and oxygen atoms in total. The lowest BCUT2D eigenvalue weighted by atomic mass is 10.1. The zero-order valence-corrected chi connectivity index (χ0v) is 12.9. The van der Waals surface area contributed by atoms with Gasteiger partial charge in [0, 0.05) is 35.8 Å². The fraction of sp³-hybridized carbons (Fsp3) is 0.429. The summed E-state index contributed by atoms with van der Waals surface area (Å²) < 4.78 is 31.3. The molecule has 0 radical (unpaired) electrons. The lowest BCUT2D eigenvalue weighted by molar-refractivity contribution is -0.105. The van der Waals surface area contributed by atoms with Crippen molar-refractivity contribution in [3.8, 4) is 0 Å². The summed E-state index contributed by atoms with van der Waals surface area (Å²) in [5.74, 6) is -0.0265. The van der Waals surface area contributed by atoms with Crippen molar-refractivity contribution in [2.24, 2.45) is 10.7 Å². The summed E-state index contributed by atoms with van der Waals surface area (Å²) in [5.41, 5.74) is 6.61. The zero-order chi connectivity index (χ0) is 16.1. The normalized spacial score (nSPS) is 24.6. The van der Waals surface area contributed by atoms with E-state index in [1.165, 1.54) is 18.2 Å². The number of anilines is 1. The molecule has 2 rings (SSSR count). The summed E-state index contributed by atoms with van der Waals surface area (Å²) in [5, 5.41) is 2.09. The number of nitrogens with two attached hydrogens (primary N) is 1. The topological polar surface area (TPSA) is 93.8 Å². The molecule has 3 N–H and O–H groups in total. The van der Waals surface area contributed by atoms with Gasteiger partial charge in [0.2, 0.25) is 6.41 Å². The third-order valence-corrected chi connectivity index (χ3v) is 5.20. The number of hydrogen-bond donors (Lipinski definition) is 2. The number of rotatable bonds is 6. The van der Waals surface area contributed by atoms with Gasteiger partial charge in [-0.15, -0.1) is 0 Å². The number of benzene rings is 1. The predicted molar refractivity (Wildman–Crippen MR) is 83.7 cm³/mol. The van der Waals surface area contributed by atoms with Crippen molar-refractivity contribution in [2.75, 3.05) is 24.8 Å². The molecular formula is C14H18FN3O3S. The van der Waals surface area contributed by atoms with Crippen molar-refractivity contribution >= 4 is 28.7 Å². The summed E-state index contributed by atoms with van der Waals surface area (Å²) in [6.07, 6.45) is 1.02. The number of ether oxygens (including phenoxy) is 1. The Morgan fingerprint density at radius 2 is 2.36 bits per heavy atom. The number of carbonyl (C=O) groups is 1. The number of methoxy groups -OCH3 is 1. The number of amides is 1. The highest BCUT2D eigenvalue weighted by Gasteiger charge is 2.31. The highest BCUT2D eigenvalue weighted by molar-refractivity contribution is 7.86. The van der Waals surface area contributed by atoms with E-state index in [1.807, 2.05) is 0 Å². The van der Waals surface area contributed by atoms with Gasteiger partial charge in [0.1, 0.15) is 11.7 Å². The first-order valence-electron chi connectivity index (χ1n) is 6.75. The molecule has 0 saturated heterocycles. The molecule has 0 fully saturated rings. The van der Waals surface area contributed by atoms with Gasteiger partial charge in [-0.1, -0.05) is 0 Å². The monoisotopic (exact) mass is 327 g/mol. The average Bonchev–Trinajstić information content (AvgIpc) is 2.48. The second kappa shape index (κ2) is 7.46. The Hall–Kier alpha value is -1.80. The van der Waals surface area contributed by atoms with Crippen molar-refractivity contribution < 1.29 is 18.1 Å². The minimum atomic E-state index is -1.25. The van der Waals surface area contributed by atoms with Crippen LogP contribution in [0.1, 0.15) is 18.0 Å². The fourth-order valence-electron chi connectivity index (χ4n) is 2.33. The van der Waals surface area contributed by atoms with E-state index in [1.54, 1.807) is 7.11 Å². The lowest BCUT2D eigenvalue weighted by Gasteiger charge is -2.26. The molecule has 3 atom stereocenters. The van der Waals surface area contributed by atoms with Crippen LogP contribution in [0.25, 0.3) is 0 Å². The smallest absolute Gasteiger partial charge is 0.211 e. The molecule has 1 aromatic carbocycles. The van der Waals surface area contributed by atoms with Crippen LogP contribution in [0.3, 0.4) is 0 Å². The van der Waals surface area contributed by atoms with E-state index >= 15 is 0 Å². The van der Waals surface area contributed by atoms with Crippen LogP contribution in [0.15, 0.2) is 23.2 Å². The first-order chi connectivity index (χ1) is 10.6. The molecule has 0 aromatic heterocycles. The maximum Gasteiger partial charge on any atom is 0.211 e. The molecule has 1 aromatic rings. The molecule has 0 spiro atoms. The van der Waals surface area contributed by atoms with Crippen molar-refractivity contribution in [1.82, 2.24) is 0 Å². The maximum atomic E-state index is 14.0. The molecular weight excluding hydrogens is 309 g/mol. The van der Waals surface area contributed by atoms with E-state index < -0.39 is 22.7 Å². The molecule has 0 saturated carbocycles. The second-order valence-corrected chi connectivity index (χ2v) is 6.55. The third kappa shape index (κ3) is 3.69. The van der Waals surface area contributed by atoms with Crippen molar-refractivity contribution in [2.45, 2.75) is 17.7 Å². The number of carbonyl (C=O) groups excluding carboxylic acids is 1. The molecule has 0 aliphatic carbocycles. The first kappa shape index (κ1) is 16.6. The number of nitrogens with one attached hydrogen (secondary N) is 1. The van der Waals surface area contributed by atoms with Gasteiger partial charge in [0.15, 0.2) is 0 Å². The SMILES string of the molecule is COCCC1C(N)=NC(c2cc(NC=O)ccc2F)CS1=O. The Labute approximate surface area is 130 Å². The van der Waals surface area contributed by atoms with Gasteiger partial charge in [-0.2, -0.15) is 0 Å². The van der Waals surface area contributed by atoms with Crippen LogP contribution >= 0.6 is 0 Å². The van der Waals surface area contributed by atoms with Gasteiger partial charge in [-0.3, -0.25) is 14.0 Å². The molecule has 1 aliphatic heterocycles. The van der Waals surface area contributed by atoms with E-state index in [0.717, 1.165) is 0 Å². The van der Waals surface area contributed by atoms with Gasteiger partial charge < -0.3 is 15.8 Å². The molecule has 1 heterocycles. The average molecular weight is 327 g/mol. The molecule has 22 heavy (non-hydrogen) atoms. The Bertz CT molecular complexity index is 609. The highest BCUT2D eigenvalue weighted by atomic mass is 32.2. The summed E-state index contributed by atoms with van der Waals surface area (Å²) in [7, 11) is 0.307. The molecule has 1 aliphatic rings. The first-order valence-corrected chi connectivity index (χ1v) is 8.14. The van der Waals surface area contributed by atoms with Crippen LogP contribution in [0.4, 0.5) is 10.1 Å². The molecule has 1 amide bonds. The van der Waals surface area contributed by atoms with Gasteiger partial charge >= 0.3 is 0 Å². The third-order valence-electron chi connectivity index (χ3n) is 3.44. The minimum absolute atomic E-state index is 0.191. The fourth-order valence-corrected chi connectivity index (χ4v) is 3.81. The van der Waals surface area contributed by atoms with E-state index in [-0.39, 0.29) is 22.4 Å². The predicted octanol–water partition coefficient (Wildman–Crippen LogP) is 0.960. The maximum absolute atomic E-state index is 14.0. The summed E-state index contributed by atoms with van der Waals surface area (Å²) >= 11 is 0. The molecule has 8 heteroatoms. The largest absolute Gasteiger partial charge is 0.386 e. The highest BCUT2D eigenvalue weighted by Crippen LogP contribution is 2.29. The number of hydrogen-bond acceptors (Lipinski definition) is 5. The number of halogens is 1. The van der Waals surface area contributed by atoms with Crippen LogP contribution < -0.4 is 11.1 Å². The summed E-state index contributed by atoms with van der Waals surface area (Å²) in [6, 6.07) is 3.56. The Morgan fingerprint density at radius 3 is 3.00 bits per heavy atom. The van der Waals surface area contributed by atoms with Gasteiger partial charge in [-0.05, 0) is 24.6 Å². The quantitative estimate of drug-likeness (QED) is 0.761. The van der Waals surface area contributed by atoms with Gasteiger partial charge in [0.05, 0.1) is 17.0 Å². The number of amidine groups is 1. The van der Waals surface area contributed by atoms with Crippen molar-refractivity contribution in [3.05, 3.63) is 29.6 Å². The van der Waals surface area contributed by atoms with E-state index in [9.17, 15) is 13.4 Å². The Kier molecular flexibility index (Phi) is 5.62.